The first-order chi connectivity index (χ1) is 9.25. The average Bonchev–Trinajstić information content (AvgIpc) is 2.37. The monoisotopic (exact) mass is 373 g/mol. The van der Waals surface area contributed by atoms with Crippen LogP contribution in [0.3, 0.4) is 0 Å². The first-order valence-electron chi connectivity index (χ1n) is 5.97. The standard InChI is InChI=1S/C12H15BrF3NO2S/c1-2-8-17(9-7-13)10-5-3-4-6-11(10)20(18,19)12(14,15)16/h3-6H,2,7-9H2,1H3. The Morgan fingerprint density at radius 3 is 2.30 bits per heavy atom. The highest BCUT2D eigenvalue weighted by atomic mass is 79.9. The summed E-state index contributed by atoms with van der Waals surface area (Å²) in [6.45, 7) is 2.79. The SMILES string of the molecule is CCCN(CCBr)c1ccccc1S(=O)(=O)C(F)(F)F. The number of halogens is 4. The van der Waals surface area contributed by atoms with Crippen molar-refractivity contribution in [2.45, 2.75) is 23.7 Å². The van der Waals surface area contributed by atoms with Gasteiger partial charge in [0.1, 0.15) is 0 Å². The summed E-state index contributed by atoms with van der Waals surface area (Å²) in [5.74, 6) is 0. The van der Waals surface area contributed by atoms with Crippen LogP contribution in [0, 0.1) is 0 Å². The Kier molecular flexibility index (Phi) is 5.88. The van der Waals surface area contributed by atoms with Crippen LogP contribution in [0.1, 0.15) is 13.3 Å². The number of nitrogens with zero attached hydrogens (tertiary/aromatic N) is 1. The molecule has 0 bridgehead atoms. The highest BCUT2D eigenvalue weighted by Crippen LogP contribution is 2.35. The molecule has 1 aromatic rings. The van der Waals surface area contributed by atoms with Gasteiger partial charge in [0.05, 0.1) is 10.6 Å². The van der Waals surface area contributed by atoms with Crippen molar-refractivity contribution in [1.29, 1.82) is 0 Å². The van der Waals surface area contributed by atoms with E-state index in [-0.39, 0.29) is 5.69 Å². The molecule has 3 nitrogen and oxygen atoms in total. The minimum atomic E-state index is -5.35. The van der Waals surface area contributed by atoms with E-state index in [1.54, 1.807) is 4.90 Å². The zero-order valence-corrected chi connectivity index (χ0v) is 13.2. The largest absolute Gasteiger partial charge is 0.501 e. The van der Waals surface area contributed by atoms with Gasteiger partial charge in [-0.05, 0) is 18.6 Å². The van der Waals surface area contributed by atoms with E-state index in [4.69, 9.17) is 0 Å². The summed E-state index contributed by atoms with van der Waals surface area (Å²) >= 11 is 3.22. The van der Waals surface area contributed by atoms with Gasteiger partial charge < -0.3 is 4.90 Å². The van der Waals surface area contributed by atoms with Crippen molar-refractivity contribution in [3.63, 3.8) is 0 Å². The normalized spacial score (nSPS) is 12.4. The van der Waals surface area contributed by atoms with E-state index in [1.807, 2.05) is 6.92 Å². The van der Waals surface area contributed by atoms with Gasteiger partial charge in [0.15, 0.2) is 0 Å². The van der Waals surface area contributed by atoms with Gasteiger partial charge in [-0.1, -0.05) is 35.0 Å². The van der Waals surface area contributed by atoms with Crippen molar-refractivity contribution < 1.29 is 21.6 Å². The molecule has 0 aliphatic heterocycles. The molecule has 0 radical (unpaired) electrons. The summed E-state index contributed by atoms with van der Waals surface area (Å²) < 4.78 is 61.4. The van der Waals surface area contributed by atoms with Gasteiger partial charge in [-0.15, -0.1) is 0 Å². The Morgan fingerprint density at radius 2 is 1.80 bits per heavy atom. The third-order valence-corrected chi connectivity index (χ3v) is 4.54. The molecular weight excluding hydrogens is 359 g/mol. The number of hydrogen-bond donors (Lipinski definition) is 0. The molecule has 0 saturated heterocycles. The molecule has 114 valence electrons. The Morgan fingerprint density at radius 1 is 1.20 bits per heavy atom. The zero-order valence-electron chi connectivity index (χ0n) is 10.8. The molecule has 0 atom stereocenters. The number of alkyl halides is 4. The lowest BCUT2D eigenvalue weighted by atomic mass is 10.2. The van der Waals surface area contributed by atoms with Crippen molar-refractivity contribution in [2.75, 3.05) is 23.3 Å². The molecule has 1 rings (SSSR count). The zero-order chi connectivity index (χ0) is 15.4. The van der Waals surface area contributed by atoms with Crippen LogP contribution in [0.5, 0.6) is 0 Å². The summed E-state index contributed by atoms with van der Waals surface area (Å²) in [5.41, 5.74) is -5.21. The second-order valence-corrected chi connectivity index (χ2v) is 6.80. The van der Waals surface area contributed by atoms with E-state index in [0.29, 0.717) is 24.8 Å². The van der Waals surface area contributed by atoms with E-state index >= 15 is 0 Å². The highest BCUT2D eigenvalue weighted by molar-refractivity contribution is 9.09. The summed E-state index contributed by atoms with van der Waals surface area (Å²) in [4.78, 5) is 0.940. The molecule has 0 aliphatic rings. The molecule has 0 saturated carbocycles. The van der Waals surface area contributed by atoms with Crippen LogP contribution >= 0.6 is 15.9 Å². The van der Waals surface area contributed by atoms with Gasteiger partial charge in [-0.25, -0.2) is 8.42 Å². The molecule has 0 aromatic heterocycles. The Bertz CT molecular complexity index is 540. The molecular formula is C12H15BrF3NO2S. The highest BCUT2D eigenvalue weighted by Gasteiger charge is 2.48. The lowest BCUT2D eigenvalue weighted by molar-refractivity contribution is -0.0435. The second kappa shape index (κ2) is 6.80. The molecule has 1 aromatic carbocycles. The summed E-state index contributed by atoms with van der Waals surface area (Å²) in [7, 11) is -5.35. The van der Waals surface area contributed by atoms with E-state index in [9.17, 15) is 21.6 Å². The van der Waals surface area contributed by atoms with Crippen molar-refractivity contribution in [3.8, 4) is 0 Å². The van der Waals surface area contributed by atoms with Crippen molar-refractivity contribution >= 4 is 31.5 Å². The fourth-order valence-corrected chi connectivity index (χ4v) is 3.20. The van der Waals surface area contributed by atoms with E-state index in [1.165, 1.54) is 18.2 Å². The summed E-state index contributed by atoms with van der Waals surface area (Å²) in [6.07, 6.45) is 0.702. The number of rotatable bonds is 6. The van der Waals surface area contributed by atoms with Gasteiger partial charge in [0.2, 0.25) is 0 Å². The van der Waals surface area contributed by atoms with Crippen LogP contribution < -0.4 is 4.90 Å². The summed E-state index contributed by atoms with van der Waals surface area (Å²) in [6, 6.07) is 5.22. The molecule has 0 unspecified atom stereocenters. The van der Waals surface area contributed by atoms with Gasteiger partial charge in [0, 0.05) is 18.4 Å². The quantitative estimate of drug-likeness (QED) is 0.715. The number of anilines is 1. The molecule has 0 fully saturated rings. The number of benzene rings is 1. The molecule has 8 heteroatoms. The molecule has 0 heterocycles. The van der Waals surface area contributed by atoms with Gasteiger partial charge in [0.25, 0.3) is 9.84 Å². The molecule has 0 N–H and O–H groups in total. The number of para-hydroxylation sites is 1. The van der Waals surface area contributed by atoms with Crippen LogP contribution in [0.2, 0.25) is 0 Å². The third-order valence-electron chi connectivity index (χ3n) is 2.65. The van der Waals surface area contributed by atoms with E-state index in [2.05, 4.69) is 15.9 Å². The maximum Gasteiger partial charge on any atom is 0.501 e. The maximum absolute atomic E-state index is 12.7. The van der Waals surface area contributed by atoms with Crippen LogP contribution in [-0.2, 0) is 9.84 Å². The maximum atomic E-state index is 12.7. The smallest absolute Gasteiger partial charge is 0.370 e. The predicted molar refractivity (Wildman–Crippen MR) is 76.0 cm³/mol. The first kappa shape index (κ1) is 17.3. The minimum absolute atomic E-state index is 0.0890. The lowest BCUT2D eigenvalue weighted by Crippen LogP contribution is -2.30. The predicted octanol–water partition coefficient (Wildman–Crippen LogP) is 3.59. The molecule has 20 heavy (non-hydrogen) atoms. The van der Waals surface area contributed by atoms with Crippen molar-refractivity contribution in [1.82, 2.24) is 0 Å². The third kappa shape index (κ3) is 3.66. The molecule has 0 amide bonds. The Hall–Kier alpha value is -0.760. The fraction of sp³-hybridized carbons (Fsp3) is 0.500. The topological polar surface area (TPSA) is 37.4 Å². The summed E-state index contributed by atoms with van der Waals surface area (Å²) in [5, 5.41) is 0.535. The Balaban J connectivity index is 3.37. The van der Waals surface area contributed by atoms with Crippen LogP contribution in [0.15, 0.2) is 29.2 Å². The molecule has 0 aliphatic carbocycles. The minimum Gasteiger partial charge on any atom is -0.370 e. The van der Waals surface area contributed by atoms with Crippen molar-refractivity contribution in [2.24, 2.45) is 0 Å². The fourth-order valence-electron chi connectivity index (χ4n) is 1.79. The number of sulfone groups is 1. The van der Waals surface area contributed by atoms with Gasteiger partial charge in [-0.3, -0.25) is 0 Å². The van der Waals surface area contributed by atoms with Gasteiger partial charge in [-0.2, -0.15) is 13.2 Å². The van der Waals surface area contributed by atoms with Crippen LogP contribution in [0.25, 0.3) is 0 Å². The Labute approximate surface area is 124 Å². The second-order valence-electron chi connectivity index (χ2n) is 4.09. The van der Waals surface area contributed by atoms with Crippen LogP contribution in [-0.4, -0.2) is 32.3 Å². The van der Waals surface area contributed by atoms with Crippen LogP contribution in [0.4, 0.5) is 18.9 Å². The van der Waals surface area contributed by atoms with Gasteiger partial charge >= 0.3 is 5.51 Å². The van der Waals surface area contributed by atoms with E-state index < -0.39 is 20.2 Å². The molecule has 0 spiro atoms. The van der Waals surface area contributed by atoms with E-state index in [0.717, 1.165) is 6.07 Å². The first-order valence-corrected chi connectivity index (χ1v) is 8.57. The van der Waals surface area contributed by atoms with Crippen molar-refractivity contribution in [3.05, 3.63) is 24.3 Å². The average molecular weight is 374 g/mol. The number of hydrogen-bond acceptors (Lipinski definition) is 3. The lowest BCUT2D eigenvalue weighted by Gasteiger charge is -2.26.